The van der Waals surface area contributed by atoms with Gasteiger partial charge in [0.25, 0.3) is 5.91 Å². The van der Waals surface area contributed by atoms with E-state index in [1.54, 1.807) is 6.92 Å². The van der Waals surface area contributed by atoms with Crippen molar-refractivity contribution in [2.75, 3.05) is 32.7 Å². The van der Waals surface area contributed by atoms with E-state index in [0.29, 0.717) is 5.69 Å². The summed E-state index contributed by atoms with van der Waals surface area (Å²) < 4.78 is 40.4. The molecule has 34 heavy (non-hydrogen) atoms. The van der Waals surface area contributed by atoms with E-state index in [0.717, 1.165) is 17.0 Å². The third kappa shape index (κ3) is 4.52. The van der Waals surface area contributed by atoms with Gasteiger partial charge in [-0.3, -0.25) is 24.1 Å². The van der Waals surface area contributed by atoms with Crippen LogP contribution in [0.25, 0.3) is 5.69 Å². The minimum Gasteiger partial charge on any atom is -0.338 e. The zero-order valence-corrected chi connectivity index (χ0v) is 18.3. The Morgan fingerprint density at radius 3 is 2.24 bits per heavy atom. The molecule has 0 unspecified atom stereocenters. The molecule has 4 amide bonds. The molecule has 1 aromatic carbocycles. The molecule has 12 heteroatoms. The summed E-state index contributed by atoms with van der Waals surface area (Å²) in [6.07, 6.45) is -2.95. The number of halogens is 3. The molecule has 1 aromatic heterocycles. The molecule has 0 saturated carbocycles. The van der Waals surface area contributed by atoms with Crippen LogP contribution in [0.15, 0.2) is 30.5 Å². The lowest BCUT2D eigenvalue weighted by molar-refractivity contribution is -0.146. The van der Waals surface area contributed by atoms with Gasteiger partial charge in [-0.05, 0) is 25.1 Å². The molecule has 0 radical (unpaired) electrons. The van der Waals surface area contributed by atoms with E-state index < -0.39 is 11.7 Å². The minimum atomic E-state index is -4.50. The lowest BCUT2D eigenvalue weighted by atomic mass is 10.1. The highest BCUT2D eigenvalue weighted by Crippen LogP contribution is 2.30. The summed E-state index contributed by atoms with van der Waals surface area (Å²) in [5, 5.41) is 4.11. The van der Waals surface area contributed by atoms with E-state index in [2.05, 4.69) is 5.10 Å². The number of piperazine rings is 1. The van der Waals surface area contributed by atoms with Crippen molar-refractivity contribution in [3.8, 4) is 5.69 Å². The zero-order valence-electron chi connectivity index (χ0n) is 18.3. The topological polar surface area (TPSA) is 95.8 Å². The van der Waals surface area contributed by atoms with Crippen LogP contribution in [0, 0.1) is 6.92 Å². The molecule has 2 saturated heterocycles. The fraction of sp³-hybridized carbons (Fsp3) is 0.409. The summed E-state index contributed by atoms with van der Waals surface area (Å²) in [6.45, 7) is 2.25. The predicted octanol–water partition coefficient (Wildman–Crippen LogP) is 1.63. The molecular formula is C22H22F3N5O4. The number of rotatable bonds is 4. The Morgan fingerprint density at radius 1 is 1.00 bits per heavy atom. The number of nitrogens with zero attached hydrogens (tertiary/aromatic N) is 5. The Morgan fingerprint density at radius 2 is 1.62 bits per heavy atom. The Kier molecular flexibility index (Phi) is 6.15. The Labute approximate surface area is 192 Å². The molecule has 4 rings (SSSR count). The second-order valence-corrected chi connectivity index (χ2v) is 8.15. The van der Waals surface area contributed by atoms with Crippen LogP contribution in [-0.2, 0) is 20.6 Å². The summed E-state index contributed by atoms with van der Waals surface area (Å²) in [4.78, 5) is 53.0. The maximum absolute atomic E-state index is 13.0. The first-order valence-corrected chi connectivity index (χ1v) is 10.7. The van der Waals surface area contributed by atoms with Gasteiger partial charge < -0.3 is 9.80 Å². The number of aromatic nitrogens is 2. The third-order valence-electron chi connectivity index (χ3n) is 6.03. The van der Waals surface area contributed by atoms with Crippen molar-refractivity contribution in [1.29, 1.82) is 0 Å². The summed E-state index contributed by atoms with van der Waals surface area (Å²) in [5.74, 6) is -1.42. The highest BCUT2D eigenvalue weighted by Gasteiger charge is 2.34. The largest absolute Gasteiger partial charge is 0.416 e. The van der Waals surface area contributed by atoms with Crippen LogP contribution in [0.1, 0.15) is 34.5 Å². The number of amides is 4. The van der Waals surface area contributed by atoms with Crippen molar-refractivity contribution in [3.05, 3.63) is 47.3 Å². The first-order chi connectivity index (χ1) is 16.1. The van der Waals surface area contributed by atoms with Crippen LogP contribution in [-0.4, -0.2) is 80.8 Å². The molecule has 3 heterocycles. The first kappa shape index (κ1) is 23.5. The number of likely N-dealkylation sites (tertiary alicyclic amines) is 1. The molecule has 0 atom stereocenters. The van der Waals surface area contributed by atoms with Crippen molar-refractivity contribution >= 4 is 23.6 Å². The second-order valence-electron chi connectivity index (χ2n) is 8.15. The summed E-state index contributed by atoms with van der Waals surface area (Å²) >= 11 is 0. The van der Waals surface area contributed by atoms with E-state index in [4.69, 9.17) is 0 Å². The molecule has 180 valence electrons. The molecule has 9 nitrogen and oxygen atoms in total. The zero-order chi connectivity index (χ0) is 24.6. The normalized spacial score (nSPS) is 17.0. The van der Waals surface area contributed by atoms with Crippen molar-refractivity contribution in [2.24, 2.45) is 0 Å². The van der Waals surface area contributed by atoms with Crippen molar-refractivity contribution in [2.45, 2.75) is 25.9 Å². The van der Waals surface area contributed by atoms with E-state index >= 15 is 0 Å². The van der Waals surface area contributed by atoms with Crippen molar-refractivity contribution < 1.29 is 32.3 Å². The maximum Gasteiger partial charge on any atom is 0.416 e. The Bertz CT molecular complexity index is 1140. The van der Waals surface area contributed by atoms with Crippen LogP contribution in [0.5, 0.6) is 0 Å². The van der Waals surface area contributed by atoms with Gasteiger partial charge >= 0.3 is 6.18 Å². The van der Waals surface area contributed by atoms with Crippen molar-refractivity contribution in [1.82, 2.24) is 24.5 Å². The van der Waals surface area contributed by atoms with Crippen LogP contribution >= 0.6 is 0 Å². The van der Waals surface area contributed by atoms with Gasteiger partial charge in [-0.1, -0.05) is 6.07 Å². The fourth-order valence-electron chi connectivity index (χ4n) is 4.06. The van der Waals surface area contributed by atoms with E-state index in [1.165, 1.54) is 32.8 Å². The molecule has 2 aliphatic heterocycles. The van der Waals surface area contributed by atoms with Gasteiger partial charge in [0.2, 0.25) is 17.7 Å². The second kappa shape index (κ2) is 8.92. The third-order valence-corrected chi connectivity index (χ3v) is 6.03. The van der Waals surface area contributed by atoms with Gasteiger partial charge in [-0.25, -0.2) is 4.68 Å². The van der Waals surface area contributed by atoms with Crippen molar-refractivity contribution in [3.63, 3.8) is 0 Å². The van der Waals surface area contributed by atoms with E-state index in [9.17, 15) is 32.3 Å². The maximum atomic E-state index is 13.0. The minimum absolute atomic E-state index is 0.113. The number of alkyl halides is 3. The summed E-state index contributed by atoms with van der Waals surface area (Å²) in [6, 6.07) is 4.68. The number of carbonyl (C=O) groups excluding carboxylic acids is 4. The highest BCUT2D eigenvalue weighted by molar-refractivity contribution is 6.04. The SMILES string of the molecule is Cc1c(C(=O)N2CCN(C(=O)CN3C(=O)CCC3=O)CC2)cnn1-c1cccc(C(F)(F)F)c1. The quantitative estimate of drug-likeness (QED) is 0.624. The lowest BCUT2D eigenvalue weighted by Gasteiger charge is -2.35. The molecule has 0 bridgehead atoms. The number of hydrogen-bond donors (Lipinski definition) is 0. The van der Waals surface area contributed by atoms with Crippen LogP contribution in [0.3, 0.4) is 0 Å². The van der Waals surface area contributed by atoms with Gasteiger partial charge in [0, 0.05) is 39.0 Å². The number of carbonyl (C=O) groups is 4. The highest BCUT2D eigenvalue weighted by atomic mass is 19.4. The standard InChI is InChI=1S/C22H22F3N5O4/c1-14-17(12-26-30(14)16-4-2-3-15(11-16)22(23,24)25)21(34)28-9-7-27(8-10-28)20(33)13-29-18(31)5-6-19(29)32/h2-4,11-12H,5-10,13H2,1H3. The number of imide groups is 1. The van der Waals surface area contributed by atoms with E-state index in [1.807, 2.05) is 0 Å². The average molecular weight is 477 g/mol. The van der Waals surface area contributed by atoms with Crippen LogP contribution in [0.2, 0.25) is 0 Å². The molecule has 0 N–H and O–H groups in total. The fourth-order valence-corrected chi connectivity index (χ4v) is 4.06. The number of benzene rings is 1. The van der Waals surface area contributed by atoms with Gasteiger partial charge in [0.1, 0.15) is 6.54 Å². The van der Waals surface area contributed by atoms with Crippen LogP contribution in [0.4, 0.5) is 13.2 Å². The van der Waals surface area contributed by atoms with Gasteiger partial charge in [0.05, 0.1) is 28.7 Å². The first-order valence-electron chi connectivity index (χ1n) is 10.7. The summed E-state index contributed by atoms with van der Waals surface area (Å²) in [7, 11) is 0. The van der Waals surface area contributed by atoms with Gasteiger partial charge in [-0.2, -0.15) is 18.3 Å². The smallest absolute Gasteiger partial charge is 0.338 e. The van der Waals surface area contributed by atoms with Crippen LogP contribution < -0.4 is 0 Å². The molecule has 2 aliphatic rings. The molecule has 2 fully saturated rings. The molecule has 2 aromatic rings. The average Bonchev–Trinajstić information content (AvgIpc) is 3.35. The summed E-state index contributed by atoms with van der Waals surface area (Å²) in [5.41, 5.74) is 0.0260. The number of hydrogen-bond acceptors (Lipinski definition) is 5. The Balaban J connectivity index is 1.40. The Hall–Kier alpha value is -3.70. The van der Waals surface area contributed by atoms with Gasteiger partial charge in [-0.15, -0.1) is 0 Å². The molecule has 0 spiro atoms. The molecule has 0 aliphatic carbocycles. The monoisotopic (exact) mass is 477 g/mol. The van der Waals surface area contributed by atoms with E-state index in [-0.39, 0.29) is 80.4 Å². The lowest BCUT2D eigenvalue weighted by Crippen LogP contribution is -2.53. The molecular weight excluding hydrogens is 455 g/mol. The van der Waals surface area contributed by atoms with Gasteiger partial charge in [0.15, 0.2) is 0 Å². The predicted molar refractivity (Wildman–Crippen MR) is 112 cm³/mol.